The van der Waals surface area contributed by atoms with Gasteiger partial charge in [0.05, 0.1) is 24.8 Å². The first-order valence-corrected chi connectivity index (χ1v) is 7.38. The Hall–Kier alpha value is -1.66. The quantitative estimate of drug-likeness (QED) is 0.941. The predicted octanol–water partition coefficient (Wildman–Crippen LogP) is 2.93. The van der Waals surface area contributed by atoms with E-state index >= 15 is 0 Å². The number of hydrogen-bond donors (Lipinski definition) is 1. The number of methoxy groups -OCH3 is 2. The zero-order chi connectivity index (χ0) is 15.6. The lowest BCUT2D eigenvalue weighted by molar-refractivity contribution is 0.220. The highest BCUT2D eigenvalue weighted by Crippen LogP contribution is 2.36. The highest BCUT2D eigenvalue weighted by atomic mass is 32.1. The first-order chi connectivity index (χ1) is 9.86. The van der Waals surface area contributed by atoms with E-state index in [1.54, 1.807) is 32.4 Å². The number of aliphatic hydroxyl groups is 1. The summed E-state index contributed by atoms with van der Waals surface area (Å²) in [5.41, 5.74) is 1.33. The molecule has 0 aliphatic rings. The van der Waals surface area contributed by atoms with Crippen LogP contribution in [0.5, 0.6) is 11.5 Å². The fraction of sp³-hybridized carbons (Fsp3) is 0.467. The Bertz CT molecular complexity index is 597. The smallest absolute Gasteiger partial charge is 0.122 e. The summed E-state index contributed by atoms with van der Waals surface area (Å²) in [6.07, 6.45) is -0.803. The van der Waals surface area contributed by atoms with E-state index in [1.807, 2.05) is 20.8 Å². The minimum absolute atomic E-state index is 0.174. The molecular weight excluding hydrogens is 288 g/mol. The minimum atomic E-state index is -0.803. The summed E-state index contributed by atoms with van der Waals surface area (Å²) in [6.45, 7) is 6.14. The van der Waals surface area contributed by atoms with Crippen LogP contribution in [0.1, 0.15) is 43.0 Å². The number of aromatic nitrogens is 2. The maximum absolute atomic E-state index is 10.7. The summed E-state index contributed by atoms with van der Waals surface area (Å²) >= 11 is 1.21. The standard InChI is InChI=1S/C15H20N2O3S/c1-15(2,3)14-13(21-17-16-14)12(18)9-6-10(19-4)8-11(7-9)20-5/h6-8,12,18H,1-5H3. The Balaban J connectivity index is 2.45. The molecule has 0 spiro atoms. The lowest BCUT2D eigenvalue weighted by atomic mass is 9.89. The number of ether oxygens (including phenoxy) is 2. The van der Waals surface area contributed by atoms with Gasteiger partial charge in [-0.15, -0.1) is 5.10 Å². The molecule has 0 fully saturated rings. The van der Waals surface area contributed by atoms with Crippen LogP contribution in [0, 0.1) is 0 Å². The van der Waals surface area contributed by atoms with Crippen molar-refractivity contribution < 1.29 is 14.6 Å². The first-order valence-electron chi connectivity index (χ1n) is 6.60. The van der Waals surface area contributed by atoms with Crippen LogP contribution < -0.4 is 9.47 Å². The molecule has 1 N–H and O–H groups in total. The SMILES string of the molecule is COc1cc(OC)cc(C(O)c2snnc2C(C)(C)C)c1. The molecule has 1 heterocycles. The second-order valence-corrected chi connectivity index (χ2v) is 6.57. The summed E-state index contributed by atoms with van der Waals surface area (Å²) < 4.78 is 14.5. The Morgan fingerprint density at radius 1 is 1.10 bits per heavy atom. The molecule has 21 heavy (non-hydrogen) atoms. The molecule has 0 radical (unpaired) electrons. The van der Waals surface area contributed by atoms with Gasteiger partial charge in [-0.1, -0.05) is 25.3 Å². The van der Waals surface area contributed by atoms with Crippen molar-refractivity contribution in [2.75, 3.05) is 14.2 Å². The van der Waals surface area contributed by atoms with E-state index in [9.17, 15) is 5.11 Å². The van der Waals surface area contributed by atoms with Crippen molar-refractivity contribution in [3.8, 4) is 11.5 Å². The molecular formula is C15H20N2O3S. The largest absolute Gasteiger partial charge is 0.497 e. The second-order valence-electron chi connectivity index (χ2n) is 5.78. The van der Waals surface area contributed by atoms with Gasteiger partial charge in [0.2, 0.25) is 0 Å². The van der Waals surface area contributed by atoms with Crippen LogP contribution in [0.15, 0.2) is 18.2 Å². The number of nitrogens with zero attached hydrogens (tertiary/aromatic N) is 2. The third-order valence-electron chi connectivity index (χ3n) is 3.16. The van der Waals surface area contributed by atoms with E-state index in [-0.39, 0.29) is 5.41 Å². The zero-order valence-corrected chi connectivity index (χ0v) is 13.7. The van der Waals surface area contributed by atoms with E-state index in [1.165, 1.54) is 11.5 Å². The normalized spacial score (nSPS) is 13.0. The second kappa shape index (κ2) is 5.99. The lowest BCUT2D eigenvalue weighted by Crippen LogP contribution is -2.16. The highest BCUT2D eigenvalue weighted by molar-refractivity contribution is 7.05. The monoisotopic (exact) mass is 308 g/mol. The van der Waals surface area contributed by atoms with Gasteiger partial charge in [-0.2, -0.15) is 0 Å². The third-order valence-corrected chi connectivity index (χ3v) is 3.94. The van der Waals surface area contributed by atoms with Crippen LogP contribution >= 0.6 is 11.5 Å². The van der Waals surface area contributed by atoms with Crippen molar-refractivity contribution in [3.63, 3.8) is 0 Å². The molecule has 1 aromatic heterocycles. The average molecular weight is 308 g/mol. The molecule has 0 saturated carbocycles. The molecule has 0 saturated heterocycles. The van der Waals surface area contributed by atoms with Crippen LogP contribution in [0.25, 0.3) is 0 Å². The molecule has 2 aromatic rings. The van der Waals surface area contributed by atoms with E-state index in [0.29, 0.717) is 17.1 Å². The Kier molecular flexibility index (Phi) is 4.49. The van der Waals surface area contributed by atoms with Crippen LogP contribution in [0.3, 0.4) is 0 Å². The van der Waals surface area contributed by atoms with Crippen molar-refractivity contribution in [2.45, 2.75) is 32.3 Å². The summed E-state index contributed by atoms with van der Waals surface area (Å²) in [5, 5.41) is 14.8. The van der Waals surface area contributed by atoms with Gasteiger partial charge in [0, 0.05) is 11.5 Å². The predicted molar refractivity (Wildman–Crippen MR) is 82.2 cm³/mol. The van der Waals surface area contributed by atoms with Crippen LogP contribution in [-0.2, 0) is 5.41 Å². The van der Waals surface area contributed by atoms with Gasteiger partial charge in [0.1, 0.15) is 17.6 Å². The highest BCUT2D eigenvalue weighted by Gasteiger charge is 2.27. The number of benzene rings is 1. The third kappa shape index (κ3) is 3.33. The first kappa shape index (κ1) is 15.7. The van der Waals surface area contributed by atoms with Crippen LogP contribution in [0.4, 0.5) is 0 Å². The summed E-state index contributed by atoms with van der Waals surface area (Å²) in [4.78, 5) is 0.748. The number of rotatable bonds is 4. The summed E-state index contributed by atoms with van der Waals surface area (Å²) in [6, 6.07) is 5.35. The van der Waals surface area contributed by atoms with E-state index < -0.39 is 6.10 Å². The Morgan fingerprint density at radius 3 is 2.14 bits per heavy atom. The Labute approximate surface area is 128 Å². The molecule has 1 aromatic carbocycles. The molecule has 1 unspecified atom stereocenters. The van der Waals surface area contributed by atoms with Gasteiger partial charge < -0.3 is 14.6 Å². The zero-order valence-electron chi connectivity index (χ0n) is 12.9. The van der Waals surface area contributed by atoms with Crippen molar-refractivity contribution in [3.05, 3.63) is 34.3 Å². The molecule has 114 valence electrons. The minimum Gasteiger partial charge on any atom is -0.497 e. The summed E-state index contributed by atoms with van der Waals surface area (Å²) in [5.74, 6) is 1.27. The van der Waals surface area contributed by atoms with Crippen molar-refractivity contribution in [2.24, 2.45) is 0 Å². The van der Waals surface area contributed by atoms with E-state index in [4.69, 9.17) is 9.47 Å². The molecule has 0 aliphatic carbocycles. The average Bonchev–Trinajstić information content (AvgIpc) is 2.95. The lowest BCUT2D eigenvalue weighted by Gasteiger charge is -2.19. The maximum Gasteiger partial charge on any atom is 0.122 e. The number of hydrogen-bond acceptors (Lipinski definition) is 6. The van der Waals surface area contributed by atoms with Gasteiger partial charge in [0.25, 0.3) is 0 Å². The fourth-order valence-electron chi connectivity index (χ4n) is 2.04. The van der Waals surface area contributed by atoms with Crippen LogP contribution in [-0.4, -0.2) is 28.9 Å². The topological polar surface area (TPSA) is 64.5 Å². The van der Waals surface area contributed by atoms with Gasteiger partial charge in [-0.05, 0) is 29.2 Å². The van der Waals surface area contributed by atoms with Gasteiger partial charge in [0.15, 0.2) is 0 Å². The van der Waals surface area contributed by atoms with Gasteiger partial charge in [-0.3, -0.25) is 0 Å². The molecule has 0 aliphatic heterocycles. The van der Waals surface area contributed by atoms with E-state index in [0.717, 1.165) is 10.6 Å². The van der Waals surface area contributed by atoms with Crippen molar-refractivity contribution in [1.82, 2.24) is 9.59 Å². The molecule has 0 bridgehead atoms. The molecule has 2 rings (SSSR count). The van der Waals surface area contributed by atoms with Crippen LogP contribution in [0.2, 0.25) is 0 Å². The van der Waals surface area contributed by atoms with Crippen molar-refractivity contribution >= 4 is 11.5 Å². The molecule has 0 amide bonds. The fourth-order valence-corrected chi connectivity index (χ4v) is 2.92. The van der Waals surface area contributed by atoms with Crippen molar-refractivity contribution in [1.29, 1.82) is 0 Å². The molecule has 6 heteroatoms. The molecule has 1 atom stereocenters. The number of aliphatic hydroxyl groups excluding tert-OH is 1. The maximum atomic E-state index is 10.7. The van der Waals surface area contributed by atoms with Gasteiger partial charge >= 0.3 is 0 Å². The Morgan fingerprint density at radius 2 is 1.67 bits per heavy atom. The van der Waals surface area contributed by atoms with Gasteiger partial charge in [-0.25, -0.2) is 0 Å². The van der Waals surface area contributed by atoms with E-state index in [2.05, 4.69) is 9.59 Å². The summed E-state index contributed by atoms with van der Waals surface area (Å²) in [7, 11) is 3.17. The molecule has 5 nitrogen and oxygen atoms in total.